The van der Waals surface area contributed by atoms with Crippen LogP contribution in [0.5, 0.6) is 0 Å². The van der Waals surface area contributed by atoms with Crippen molar-refractivity contribution in [2.24, 2.45) is 0 Å². The molecule has 1 aliphatic carbocycles. The fraction of sp³-hybridized carbons (Fsp3) is 0.875. The van der Waals surface area contributed by atoms with Gasteiger partial charge in [0, 0.05) is 19.1 Å². The molecule has 1 N–H and O–H groups in total. The lowest BCUT2D eigenvalue weighted by atomic mass is 10.5. The molecule has 1 saturated carbocycles. The van der Waals surface area contributed by atoms with Crippen LogP contribution in [0.2, 0.25) is 0 Å². The number of nitrogens with one attached hydrogen (secondary N) is 1. The first-order valence-corrected chi connectivity index (χ1v) is 4.74. The third kappa shape index (κ3) is 2.66. The molecule has 1 rings (SSSR count). The zero-order valence-electron chi connectivity index (χ0n) is 7.26. The van der Waals surface area contributed by atoms with Crippen molar-refractivity contribution in [2.75, 3.05) is 13.1 Å². The topological polar surface area (TPSA) is 15.3 Å². The van der Waals surface area contributed by atoms with E-state index in [0.717, 1.165) is 18.2 Å². The zero-order valence-corrected chi connectivity index (χ0v) is 8.08. The summed E-state index contributed by atoms with van der Waals surface area (Å²) in [5.74, 6) is 0. The lowest BCUT2D eigenvalue weighted by Crippen LogP contribution is -2.40. The molecule has 11 heavy (non-hydrogen) atoms. The highest BCUT2D eigenvalue weighted by Gasteiger charge is 2.22. The molecule has 3 heteroatoms. The van der Waals surface area contributed by atoms with Gasteiger partial charge in [-0.2, -0.15) is 0 Å². The van der Waals surface area contributed by atoms with Gasteiger partial charge in [0.1, 0.15) is 0 Å². The molecular formula is C8H16N2S. The van der Waals surface area contributed by atoms with E-state index in [4.69, 9.17) is 12.2 Å². The van der Waals surface area contributed by atoms with E-state index in [-0.39, 0.29) is 0 Å². The minimum atomic E-state index is 0.683. The summed E-state index contributed by atoms with van der Waals surface area (Å²) < 4.78 is 0. The number of rotatable bonds is 3. The molecule has 0 unspecified atom stereocenters. The highest BCUT2D eigenvalue weighted by Crippen LogP contribution is 2.18. The highest BCUT2D eigenvalue weighted by molar-refractivity contribution is 7.80. The van der Waals surface area contributed by atoms with Gasteiger partial charge < -0.3 is 10.2 Å². The summed E-state index contributed by atoms with van der Waals surface area (Å²) in [6.07, 6.45) is 2.59. The van der Waals surface area contributed by atoms with Crippen molar-refractivity contribution < 1.29 is 0 Å². The third-order valence-corrected chi connectivity index (χ3v) is 2.33. The minimum Gasteiger partial charge on any atom is -0.360 e. The van der Waals surface area contributed by atoms with E-state index < -0.39 is 0 Å². The minimum absolute atomic E-state index is 0.683. The Morgan fingerprint density at radius 3 is 2.36 bits per heavy atom. The van der Waals surface area contributed by atoms with Crippen molar-refractivity contribution in [2.45, 2.75) is 32.7 Å². The lowest BCUT2D eigenvalue weighted by molar-refractivity contribution is 0.455. The summed E-state index contributed by atoms with van der Waals surface area (Å²) in [5.41, 5.74) is 0. The molecule has 0 spiro atoms. The molecule has 0 amide bonds. The Morgan fingerprint density at radius 2 is 2.00 bits per heavy atom. The zero-order chi connectivity index (χ0) is 8.27. The van der Waals surface area contributed by atoms with Crippen molar-refractivity contribution in [3.8, 4) is 0 Å². The maximum Gasteiger partial charge on any atom is 0.169 e. The molecule has 1 fully saturated rings. The highest BCUT2D eigenvalue weighted by atomic mass is 32.1. The first kappa shape index (κ1) is 8.78. The average molecular weight is 172 g/mol. The molecule has 0 atom stereocenters. The van der Waals surface area contributed by atoms with Gasteiger partial charge in [0.25, 0.3) is 0 Å². The fourth-order valence-corrected chi connectivity index (χ4v) is 1.43. The molecule has 0 aromatic rings. The second-order valence-electron chi connectivity index (χ2n) is 2.90. The van der Waals surface area contributed by atoms with Crippen LogP contribution < -0.4 is 5.32 Å². The number of thiocarbonyl (C=S) groups is 1. The summed E-state index contributed by atoms with van der Waals surface area (Å²) in [4.78, 5) is 2.17. The van der Waals surface area contributed by atoms with E-state index in [0.29, 0.717) is 6.04 Å². The van der Waals surface area contributed by atoms with E-state index in [1.54, 1.807) is 0 Å². The molecule has 64 valence electrons. The quantitative estimate of drug-likeness (QED) is 0.647. The Bertz CT molecular complexity index is 139. The summed E-state index contributed by atoms with van der Waals surface area (Å²) >= 11 is 5.20. The van der Waals surface area contributed by atoms with Crippen molar-refractivity contribution >= 4 is 17.3 Å². The molecular weight excluding hydrogens is 156 g/mol. The summed E-state index contributed by atoms with van der Waals surface area (Å²) in [5, 5.41) is 4.24. The van der Waals surface area contributed by atoms with Gasteiger partial charge >= 0.3 is 0 Å². The van der Waals surface area contributed by atoms with E-state index in [2.05, 4.69) is 24.1 Å². The van der Waals surface area contributed by atoms with Gasteiger partial charge in [-0.3, -0.25) is 0 Å². The van der Waals surface area contributed by atoms with Gasteiger partial charge in [-0.1, -0.05) is 0 Å². The van der Waals surface area contributed by atoms with Crippen molar-refractivity contribution in [3.05, 3.63) is 0 Å². The van der Waals surface area contributed by atoms with Crippen LogP contribution in [0.3, 0.4) is 0 Å². The van der Waals surface area contributed by atoms with Crippen LogP contribution in [0.25, 0.3) is 0 Å². The summed E-state index contributed by atoms with van der Waals surface area (Å²) in [7, 11) is 0. The molecule has 0 radical (unpaired) electrons. The fourth-order valence-electron chi connectivity index (χ4n) is 1.00. The van der Waals surface area contributed by atoms with Crippen molar-refractivity contribution in [1.82, 2.24) is 10.2 Å². The summed E-state index contributed by atoms with van der Waals surface area (Å²) in [6.45, 7) is 6.28. The van der Waals surface area contributed by atoms with Gasteiger partial charge in [0.05, 0.1) is 0 Å². The van der Waals surface area contributed by atoms with Crippen LogP contribution in [0.4, 0.5) is 0 Å². The van der Waals surface area contributed by atoms with Crippen molar-refractivity contribution in [3.63, 3.8) is 0 Å². The van der Waals surface area contributed by atoms with Crippen LogP contribution in [0.15, 0.2) is 0 Å². The average Bonchev–Trinajstić information content (AvgIpc) is 2.74. The SMILES string of the molecule is CCN(CC)C(=S)NC1CC1. The Morgan fingerprint density at radius 1 is 1.45 bits per heavy atom. The smallest absolute Gasteiger partial charge is 0.169 e. The molecule has 0 bridgehead atoms. The number of hydrogen-bond acceptors (Lipinski definition) is 1. The molecule has 0 saturated heterocycles. The number of hydrogen-bond donors (Lipinski definition) is 1. The molecule has 0 aliphatic heterocycles. The van der Waals surface area contributed by atoms with Crippen LogP contribution >= 0.6 is 12.2 Å². The van der Waals surface area contributed by atoms with Crippen LogP contribution in [-0.4, -0.2) is 29.1 Å². The second-order valence-corrected chi connectivity index (χ2v) is 3.28. The lowest BCUT2D eigenvalue weighted by Gasteiger charge is -2.22. The summed E-state index contributed by atoms with van der Waals surface area (Å²) in [6, 6.07) is 0.683. The predicted molar refractivity (Wildman–Crippen MR) is 51.7 cm³/mol. The molecule has 0 aromatic heterocycles. The van der Waals surface area contributed by atoms with Gasteiger partial charge in [0.2, 0.25) is 0 Å². The van der Waals surface area contributed by atoms with E-state index in [9.17, 15) is 0 Å². The van der Waals surface area contributed by atoms with Crippen LogP contribution in [0, 0.1) is 0 Å². The molecule has 1 aliphatic rings. The first-order valence-electron chi connectivity index (χ1n) is 4.33. The van der Waals surface area contributed by atoms with Crippen LogP contribution in [0.1, 0.15) is 26.7 Å². The first-order chi connectivity index (χ1) is 5.27. The van der Waals surface area contributed by atoms with Gasteiger partial charge in [-0.05, 0) is 38.9 Å². The van der Waals surface area contributed by atoms with E-state index >= 15 is 0 Å². The standard InChI is InChI=1S/C8H16N2S/c1-3-10(4-2)8(11)9-7-5-6-7/h7H,3-6H2,1-2H3,(H,9,11). The van der Waals surface area contributed by atoms with E-state index in [1.165, 1.54) is 12.8 Å². The van der Waals surface area contributed by atoms with Crippen LogP contribution in [-0.2, 0) is 0 Å². The van der Waals surface area contributed by atoms with E-state index in [1.807, 2.05) is 0 Å². The molecule has 0 aromatic carbocycles. The maximum absolute atomic E-state index is 5.20. The largest absolute Gasteiger partial charge is 0.360 e. The Labute approximate surface area is 74.0 Å². The van der Waals surface area contributed by atoms with Gasteiger partial charge in [-0.25, -0.2) is 0 Å². The predicted octanol–water partition coefficient (Wildman–Crippen LogP) is 1.37. The molecule has 2 nitrogen and oxygen atoms in total. The Balaban J connectivity index is 2.24. The number of nitrogens with zero attached hydrogens (tertiary/aromatic N) is 1. The van der Waals surface area contributed by atoms with Gasteiger partial charge in [-0.15, -0.1) is 0 Å². The van der Waals surface area contributed by atoms with Gasteiger partial charge in [0.15, 0.2) is 5.11 Å². The molecule has 0 heterocycles. The van der Waals surface area contributed by atoms with Crippen molar-refractivity contribution in [1.29, 1.82) is 0 Å². The Kier molecular flexibility index (Phi) is 3.12. The Hall–Kier alpha value is -0.310. The normalized spacial score (nSPS) is 16.2. The third-order valence-electron chi connectivity index (χ3n) is 1.96. The monoisotopic (exact) mass is 172 g/mol. The second kappa shape index (κ2) is 3.90. The maximum atomic E-state index is 5.20.